The van der Waals surface area contributed by atoms with Gasteiger partial charge in [0.15, 0.2) is 5.11 Å². The Hall–Kier alpha value is -1.96. The van der Waals surface area contributed by atoms with Crippen LogP contribution >= 0.6 is 23.8 Å². The molecule has 0 bridgehead atoms. The Morgan fingerprint density at radius 2 is 2.04 bits per heavy atom. The van der Waals surface area contributed by atoms with Gasteiger partial charge in [0.25, 0.3) is 0 Å². The van der Waals surface area contributed by atoms with Gasteiger partial charge in [-0.25, -0.2) is 9.99 Å². The summed E-state index contributed by atoms with van der Waals surface area (Å²) in [5.41, 5.74) is 5.14. The third-order valence-corrected chi connectivity index (χ3v) is 4.19. The molecule has 126 valence electrons. The van der Waals surface area contributed by atoms with Crippen molar-refractivity contribution in [1.82, 2.24) is 20.4 Å². The number of pyridine rings is 2. The van der Waals surface area contributed by atoms with E-state index in [0.717, 1.165) is 43.2 Å². The number of nitrogens with zero attached hydrogens (tertiary/aromatic N) is 4. The lowest BCUT2D eigenvalue weighted by molar-refractivity contribution is 0.222. The van der Waals surface area contributed by atoms with Gasteiger partial charge in [-0.3, -0.25) is 10.4 Å². The Labute approximate surface area is 151 Å². The van der Waals surface area contributed by atoms with Gasteiger partial charge in [0.1, 0.15) is 5.82 Å². The van der Waals surface area contributed by atoms with Crippen molar-refractivity contribution >= 4 is 40.4 Å². The van der Waals surface area contributed by atoms with Crippen molar-refractivity contribution in [1.29, 1.82) is 0 Å². The van der Waals surface area contributed by atoms with Gasteiger partial charge in [0.2, 0.25) is 0 Å². The molecule has 0 amide bonds. The van der Waals surface area contributed by atoms with Gasteiger partial charge >= 0.3 is 0 Å². The number of nitrogens with one attached hydrogen (secondary N) is 2. The number of hydrogen-bond acceptors (Lipinski definition) is 5. The summed E-state index contributed by atoms with van der Waals surface area (Å²) in [5.74, 6) is 0.845. The highest BCUT2D eigenvalue weighted by atomic mass is 35.5. The fraction of sp³-hybridized carbons (Fsp3) is 0.312. The van der Waals surface area contributed by atoms with Crippen LogP contribution in [-0.4, -0.2) is 46.3 Å². The van der Waals surface area contributed by atoms with E-state index in [4.69, 9.17) is 23.8 Å². The molecule has 0 spiro atoms. The van der Waals surface area contributed by atoms with E-state index in [2.05, 4.69) is 30.6 Å². The number of hydrazine groups is 1. The lowest BCUT2D eigenvalue weighted by Crippen LogP contribution is -2.54. The molecule has 0 unspecified atom stereocenters. The molecule has 0 aromatic carbocycles. The Balaban J connectivity index is 1.51. The third kappa shape index (κ3) is 4.31. The first-order valence-corrected chi connectivity index (χ1v) is 8.50. The zero-order valence-corrected chi connectivity index (χ0v) is 14.9. The first kappa shape index (κ1) is 16.9. The van der Waals surface area contributed by atoms with Crippen LogP contribution in [0, 0.1) is 6.92 Å². The molecule has 3 heterocycles. The van der Waals surface area contributed by atoms with Gasteiger partial charge in [-0.05, 0) is 42.9 Å². The van der Waals surface area contributed by atoms with Gasteiger partial charge in [-0.15, -0.1) is 0 Å². The van der Waals surface area contributed by atoms with Crippen LogP contribution in [0.2, 0.25) is 5.02 Å². The molecule has 0 radical (unpaired) electrons. The van der Waals surface area contributed by atoms with Crippen LogP contribution in [0.1, 0.15) is 5.56 Å². The molecule has 8 heteroatoms. The molecular formula is C16H19ClN6S. The molecule has 1 fully saturated rings. The summed E-state index contributed by atoms with van der Waals surface area (Å²) < 4.78 is 0. The highest BCUT2D eigenvalue weighted by molar-refractivity contribution is 7.80. The number of piperazine rings is 1. The Bertz CT molecular complexity index is 703. The molecule has 2 aromatic heterocycles. The minimum absolute atomic E-state index is 0.558. The van der Waals surface area contributed by atoms with E-state index in [9.17, 15) is 0 Å². The molecule has 6 nitrogen and oxygen atoms in total. The maximum Gasteiger partial charge on any atom is 0.185 e. The topological polar surface area (TPSA) is 56.3 Å². The second-order valence-corrected chi connectivity index (χ2v) is 6.42. The average molecular weight is 363 g/mol. The summed E-state index contributed by atoms with van der Waals surface area (Å²) in [6.07, 6.45) is 5.31. The molecule has 0 atom stereocenters. The number of aromatic nitrogens is 2. The molecule has 1 aliphatic rings. The number of anilines is 2. The van der Waals surface area contributed by atoms with Gasteiger partial charge in [-0.2, -0.15) is 0 Å². The summed E-state index contributed by atoms with van der Waals surface area (Å²) >= 11 is 11.6. The van der Waals surface area contributed by atoms with E-state index in [0.29, 0.717) is 10.1 Å². The monoisotopic (exact) mass is 362 g/mol. The highest BCUT2D eigenvalue weighted by Crippen LogP contribution is 2.24. The van der Waals surface area contributed by atoms with Crippen LogP contribution < -0.4 is 15.6 Å². The summed E-state index contributed by atoms with van der Waals surface area (Å²) in [6.45, 7) is 5.29. The molecule has 24 heavy (non-hydrogen) atoms. The fourth-order valence-corrected chi connectivity index (χ4v) is 3.12. The second kappa shape index (κ2) is 7.74. The first-order chi connectivity index (χ1) is 11.6. The number of halogens is 1. The minimum Gasteiger partial charge on any atom is -0.353 e. The normalized spacial score (nSPS) is 15.2. The maximum absolute atomic E-state index is 6.30. The first-order valence-electron chi connectivity index (χ1n) is 7.71. The zero-order chi connectivity index (χ0) is 16.9. The van der Waals surface area contributed by atoms with E-state index in [1.54, 1.807) is 12.4 Å². The van der Waals surface area contributed by atoms with E-state index in [1.807, 2.05) is 31.3 Å². The van der Waals surface area contributed by atoms with Crippen LogP contribution in [0.4, 0.5) is 11.5 Å². The Morgan fingerprint density at radius 3 is 2.71 bits per heavy atom. The van der Waals surface area contributed by atoms with Crippen molar-refractivity contribution in [2.75, 3.05) is 36.4 Å². The van der Waals surface area contributed by atoms with E-state index in [1.165, 1.54) is 0 Å². The van der Waals surface area contributed by atoms with Crippen molar-refractivity contribution < 1.29 is 0 Å². The SMILES string of the molecule is Cc1cnc(N2CCN(NC(=S)Nc3cccnc3)CC2)c(Cl)c1. The molecular weight excluding hydrogens is 344 g/mol. The standard InChI is InChI=1S/C16H19ClN6S/c1-12-9-14(17)15(19-10-12)22-5-7-23(8-6-22)21-16(24)20-13-3-2-4-18-11-13/h2-4,9-11H,5-8H2,1H3,(H2,20,21,24). The van der Waals surface area contributed by atoms with Crippen molar-refractivity contribution in [3.05, 3.63) is 47.4 Å². The fourth-order valence-electron chi connectivity index (χ4n) is 2.53. The molecule has 2 N–H and O–H groups in total. The van der Waals surface area contributed by atoms with Gasteiger partial charge < -0.3 is 10.2 Å². The Kier molecular flexibility index (Phi) is 5.44. The summed E-state index contributed by atoms with van der Waals surface area (Å²) in [7, 11) is 0. The van der Waals surface area contributed by atoms with Gasteiger partial charge in [0, 0.05) is 38.6 Å². The molecule has 0 saturated carbocycles. The Morgan fingerprint density at radius 1 is 1.25 bits per heavy atom. The molecule has 1 saturated heterocycles. The molecule has 2 aromatic rings. The summed E-state index contributed by atoms with van der Waals surface area (Å²) in [6, 6.07) is 5.73. The van der Waals surface area contributed by atoms with Crippen molar-refractivity contribution in [2.45, 2.75) is 6.92 Å². The lowest BCUT2D eigenvalue weighted by atomic mass is 10.3. The van der Waals surface area contributed by atoms with Crippen LogP contribution in [-0.2, 0) is 0 Å². The smallest absolute Gasteiger partial charge is 0.185 e. The van der Waals surface area contributed by atoms with Crippen molar-refractivity contribution in [3.63, 3.8) is 0 Å². The average Bonchev–Trinajstić information content (AvgIpc) is 2.57. The molecule has 1 aliphatic heterocycles. The predicted octanol–water partition coefficient (Wildman–Crippen LogP) is 2.46. The molecule has 0 aliphatic carbocycles. The second-order valence-electron chi connectivity index (χ2n) is 5.60. The number of aryl methyl sites for hydroxylation is 1. The number of rotatable bonds is 3. The number of hydrogen-bond donors (Lipinski definition) is 2. The van der Waals surface area contributed by atoms with Gasteiger partial charge in [-0.1, -0.05) is 11.6 Å². The predicted molar refractivity (Wildman–Crippen MR) is 101 cm³/mol. The zero-order valence-electron chi connectivity index (χ0n) is 13.4. The minimum atomic E-state index is 0.558. The number of thiocarbonyl (C=S) groups is 1. The largest absolute Gasteiger partial charge is 0.353 e. The highest BCUT2D eigenvalue weighted by Gasteiger charge is 2.20. The van der Waals surface area contributed by atoms with E-state index >= 15 is 0 Å². The molecule has 3 rings (SSSR count). The van der Waals surface area contributed by atoms with Crippen LogP contribution in [0.3, 0.4) is 0 Å². The van der Waals surface area contributed by atoms with Crippen LogP contribution in [0.5, 0.6) is 0 Å². The van der Waals surface area contributed by atoms with Gasteiger partial charge in [0.05, 0.1) is 16.9 Å². The maximum atomic E-state index is 6.30. The van der Waals surface area contributed by atoms with Crippen LogP contribution in [0.15, 0.2) is 36.8 Å². The van der Waals surface area contributed by atoms with Crippen LogP contribution in [0.25, 0.3) is 0 Å². The van der Waals surface area contributed by atoms with Crippen molar-refractivity contribution in [2.24, 2.45) is 0 Å². The lowest BCUT2D eigenvalue weighted by Gasteiger charge is -2.36. The third-order valence-electron chi connectivity index (χ3n) is 3.72. The summed E-state index contributed by atoms with van der Waals surface area (Å²) in [4.78, 5) is 10.7. The summed E-state index contributed by atoms with van der Waals surface area (Å²) in [5, 5.41) is 6.46. The van der Waals surface area contributed by atoms with E-state index in [-0.39, 0.29) is 0 Å². The van der Waals surface area contributed by atoms with Crippen molar-refractivity contribution in [3.8, 4) is 0 Å². The quantitative estimate of drug-likeness (QED) is 0.813. The van der Waals surface area contributed by atoms with E-state index < -0.39 is 0 Å².